The number of aromatic nitrogens is 2. The number of sulfonamides is 1. The monoisotopic (exact) mass is 246 g/mol. The molecule has 0 spiro atoms. The van der Waals surface area contributed by atoms with Crippen LogP contribution in [0.15, 0.2) is 12.4 Å². The lowest BCUT2D eigenvalue weighted by atomic mass is 10.3. The third-order valence-corrected chi connectivity index (χ3v) is 2.73. The van der Waals surface area contributed by atoms with Gasteiger partial charge in [0.2, 0.25) is 10.0 Å². The molecule has 1 heterocycles. The molecule has 0 atom stereocenters. The van der Waals surface area contributed by atoms with Crippen molar-refractivity contribution in [3.63, 3.8) is 0 Å². The van der Waals surface area contributed by atoms with Crippen LogP contribution in [-0.2, 0) is 23.1 Å². The van der Waals surface area contributed by atoms with E-state index in [4.69, 9.17) is 0 Å². The standard InChI is InChI=1S/C9H18N4O2S/c1-3-13-8-9(7-11-13)6-10-4-5-12-16(2,14)15/h7-8,10,12H,3-6H2,1-2H3. The molecule has 0 radical (unpaired) electrons. The number of hydrogen-bond donors (Lipinski definition) is 2. The highest BCUT2D eigenvalue weighted by Gasteiger charge is 1.99. The first kappa shape index (κ1) is 13.1. The molecule has 1 rings (SSSR count). The van der Waals surface area contributed by atoms with Crippen molar-refractivity contribution in [2.24, 2.45) is 0 Å². The van der Waals surface area contributed by atoms with Gasteiger partial charge in [0.25, 0.3) is 0 Å². The maximum atomic E-state index is 10.8. The summed E-state index contributed by atoms with van der Waals surface area (Å²) < 4.78 is 25.8. The van der Waals surface area contributed by atoms with Gasteiger partial charge in [-0.3, -0.25) is 4.68 Å². The zero-order valence-corrected chi connectivity index (χ0v) is 10.4. The summed E-state index contributed by atoms with van der Waals surface area (Å²) in [5.74, 6) is 0. The highest BCUT2D eigenvalue weighted by molar-refractivity contribution is 7.88. The number of hydrogen-bond acceptors (Lipinski definition) is 4. The van der Waals surface area contributed by atoms with E-state index in [9.17, 15) is 8.42 Å². The third-order valence-electron chi connectivity index (χ3n) is 2.01. The summed E-state index contributed by atoms with van der Waals surface area (Å²) in [6.45, 7) is 4.59. The first-order chi connectivity index (χ1) is 7.51. The van der Waals surface area contributed by atoms with Gasteiger partial charge in [-0.15, -0.1) is 0 Å². The van der Waals surface area contributed by atoms with Gasteiger partial charge in [-0.25, -0.2) is 13.1 Å². The van der Waals surface area contributed by atoms with E-state index in [0.717, 1.165) is 18.4 Å². The summed E-state index contributed by atoms with van der Waals surface area (Å²) in [6, 6.07) is 0. The molecule has 0 bridgehead atoms. The lowest BCUT2D eigenvalue weighted by Gasteiger charge is -2.03. The average molecular weight is 246 g/mol. The Hall–Kier alpha value is -0.920. The van der Waals surface area contributed by atoms with Crippen molar-refractivity contribution in [2.45, 2.75) is 20.0 Å². The maximum absolute atomic E-state index is 10.8. The van der Waals surface area contributed by atoms with Crippen LogP contribution in [0.4, 0.5) is 0 Å². The Balaban J connectivity index is 2.16. The van der Waals surface area contributed by atoms with Crippen LogP contribution in [0.1, 0.15) is 12.5 Å². The second-order valence-electron chi connectivity index (χ2n) is 3.55. The Labute approximate surface area is 96.1 Å². The van der Waals surface area contributed by atoms with E-state index in [1.54, 1.807) is 6.20 Å². The van der Waals surface area contributed by atoms with E-state index in [2.05, 4.69) is 15.1 Å². The van der Waals surface area contributed by atoms with Crippen LogP contribution in [-0.4, -0.2) is 37.5 Å². The lowest BCUT2D eigenvalue weighted by Crippen LogP contribution is -2.30. The molecule has 0 aliphatic carbocycles. The Kier molecular flexibility index (Phi) is 4.91. The molecular weight excluding hydrogens is 228 g/mol. The minimum atomic E-state index is -3.08. The number of nitrogens with zero attached hydrogens (tertiary/aromatic N) is 2. The fraction of sp³-hybridized carbons (Fsp3) is 0.667. The fourth-order valence-corrected chi connectivity index (χ4v) is 1.70. The molecule has 0 aliphatic heterocycles. The molecule has 7 heteroatoms. The van der Waals surface area contributed by atoms with E-state index in [1.807, 2.05) is 17.8 Å². The number of nitrogens with one attached hydrogen (secondary N) is 2. The first-order valence-electron chi connectivity index (χ1n) is 5.18. The van der Waals surface area contributed by atoms with Gasteiger partial charge in [0.1, 0.15) is 0 Å². The van der Waals surface area contributed by atoms with Crippen molar-refractivity contribution < 1.29 is 8.42 Å². The van der Waals surface area contributed by atoms with Crippen LogP contribution in [0.2, 0.25) is 0 Å². The number of aryl methyl sites for hydroxylation is 1. The van der Waals surface area contributed by atoms with Gasteiger partial charge in [0, 0.05) is 37.9 Å². The highest BCUT2D eigenvalue weighted by Crippen LogP contribution is 1.96. The zero-order valence-electron chi connectivity index (χ0n) is 9.60. The Morgan fingerprint density at radius 3 is 2.75 bits per heavy atom. The van der Waals surface area contributed by atoms with E-state index >= 15 is 0 Å². The molecule has 0 saturated carbocycles. The van der Waals surface area contributed by atoms with Crippen LogP contribution >= 0.6 is 0 Å². The van der Waals surface area contributed by atoms with E-state index < -0.39 is 10.0 Å². The van der Waals surface area contributed by atoms with Gasteiger partial charge in [-0.05, 0) is 6.92 Å². The van der Waals surface area contributed by atoms with E-state index in [0.29, 0.717) is 19.6 Å². The predicted molar refractivity (Wildman–Crippen MR) is 62.5 cm³/mol. The lowest BCUT2D eigenvalue weighted by molar-refractivity contribution is 0.581. The molecule has 92 valence electrons. The van der Waals surface area contributed by atoms with E-state index in [1.165, 1.54) is 0 Å². The fourth-order valence-electron chi connectivity index (χ4n) is 1.23. The first-order valence-corrected chi connectivity index (χ1v) is 7.07. The van der Waals surface area contributed by atoms with Gasteiger partial charge < -0.3 is 5.32 Å². The molecule has 0 saturated heterocycles. The topological polar surface area (TPSA) is 76.0 Å². The maximum Gasteiger partial charge on any atom is 0.208 e. The molecule has 0 aromatic carbocycles. The normalized spacial score (nSPS) is 11.9. The van der Waals surface area contributed by atoms with Gasteiger partial charge in [-0.2, -0.15) is 5.10 Å². The Morgan fingerprint density at radius 1 is 1.44 bits per heavy atom. The quantitative estimate of drug-likeness (QED) is 0.638. The van der Waals surface area contributed by atoms with Crippen LogP contribution in [0.5, 0.6) is 0 Å². The molecular formula is C9H18N4O2S. The van der Waals surface area contributed by atoms with Crippen LogP contribution in [0.25, 0.3) is 0 Å². The van der Waals surface area contributed by atoms with Crippen molar-refractivity contribution in [1.29, 1.82) is 0 Å². The molecule has 2 N–H and O–H groups in total. The molecule has 1 aromatic rings. The van der Waals surface area contributed by atoms with Crippen molar-refractivity contribution in [3.8, 4) is 0 Å². The van der Waals surface area contributed by atoms with Crippen LogP contribution in [0.3, 0.4) is 0 Å². The SMILES string of the molecule is CCn1cc(CNCCNS(C)(=O)=O)cn1. The summed E-state index contributed by atoms with van der Waals surface area (Å²) in [5.41, 5.74) is 1.10. The van der Waals surface area contributed by atoms with Gasteiger partial charge in [-0.1, -0.05) is 0 Å². The molecule has 16 heavy (non-hydrogen) atoms. The molecule has 0 amide bonds. The molecule has 0 unspecified atom stereocenters. The minimum Gasteiger partial charge on any atom is -0.311 e. The largest absolute Gasteiger partial charge is 0.311 e. The predicted octanol–water partition coefficient (Wildman–Crippen LogP) is -0.458. The van der Waals surface area contributed by atoms with Crippen LogP contribution < -0.4 is 10.0 Å². The summed E-state index contributed by atoms with van der Waals surface area (Å²) in [6.07, 6.45) is 4.93. The van der Waals surface area contributed by atoms with Gasteiger partial charge in [0.15, 0.2) is 0 Å². The van der Waals surface area contributed by atoms with Crippen molar-refractivity contribution >= 4 is 10.0 Å². The minimum absolute atomic E-state index is 0.404. The molecule has 0 aliphatic rings. The van der Waals surface area contributed by atoms with Crippen molar-refractivity contribution in [2.75, 3.05) is 19.3 Å². The molecule has 6 nitrogen and oxygen atoms in total. The molecule has 0 fully saturated rings. The zero-order chi connectivity index (χ0) is 12.0. The summed E-state index contributed by atoms with van der Waals surface area (Å²) >= 11 is 0. The average Bonchev–Trinajstić information content (AvgIpc) is 2.63. The van der Waals surface area contributed by atoms with Crippen molar-refractivity contribution in [3.05, 3.63) is 18.0 Å². The van der Waals surface area contributed by atoms with Crippen molar-refractivity contribution in [1.82, 2.24) is 19.8 Å². The molecule has 1 aromatic heterocycles. The van der Waals surface area contributed by atoms with E-state index in [-0.39, 0.29) is 0 Å². The number of rotatable bonds is 7. The Bertz CT molecular complexity index is 413. The second kappa shape index (κ2) is 5.97. The third kappa shape index (κ3) is 5.24. The highest BCUT2D eigenvalue weighted by atomic mass is 32.2. The second-order valence-corrected chi connectivity index (χ2v) is 5.38. The smallest absolute Gasteiger partial charge is 0.208 e. The Morgan fingerprint density at radius 2 is 2.19 bits per heavy atom. The summed E-state index contributed by atoms with van der Waals surface area (Å²) in [5, 5.41) is 7.27. The van der Waals surface area contributed by atoms with Gasteiger partial charge in [0.05, 0.1) is 12.5 Å². The summed E-state index contributed by atoms with van der Waals surface area (Å²) in [4.78, 5) is 0. The van der Waals surface area contributed by atoms with Gasteiger partial charge >= 0.3 is 0 Å². The van der Waals surface area contributed by atoms with Crippen LogP contribution in [0, 0.1) is 0 Å². The summed E-state index contributed by atoms with van der Waals surface area (Å²) in [7, 11) is -3.08.